The molecule has 2 aromatic rings. The minimum atomic E-state index is -3.43. The molecule has 0 bridgehead atoms. The van der Waals surface area contributed by atoms with E-state index in [-0.39, 0.29) is 0 Å². The van der Waals surface area contributed by atoms with Gasteiger partial charge in [-0.15, -0.1) is 0 Å². The van der Waals surface area contributed by atoms with Crippen molar-refractivity contribution in [2.45, 2.75) is 29.1 Å². The van der Waals surface area contributed by atoms with Crippen LogP contribution in [0, 0.1) is 0 Å². The van der Waals surface area contributed by atoms with E-state index < -0.39 is 21.2 Å². The molecule has 0 spiro atoms. The van der Waals surface area contributed by atoms with Gasteiger partial charge in [0, 0.05) is 11.6 Å². The van der Waals surface area contributed by atoms with Gasteiger partial charge in [0.1, 0.15) is 0 Å². The summed E-state index contributed by atoms with van der Waals surface area (Å²) in [5.41, 5.74) is 0.855. The second-order valence-electron chi connectivity index (χ2n) is 5.38. The largest absolute Gasteiger partial charge is 0.372 e. The molecule has 1 fully saturated rings. The van der Waals surface area contributed by atoms with Crippen molar-refractivity contribution in [2.75, 3.05) is 6.61 Å². The first-order chi connectivity index (χ1) is 10.6. The van der Waals surface area contributed by atoms with Crippen LogP contribution in [0.5, 0.6) is 0 Å². The minimum absolute atomic E-state index is 0.351. The van der Waals surface area contributed by atoms with Crippen LogP contribution in [-0.4, -0.2) is 20.3 Å². The summed E-state index contributed by atoms with van der Waals surface area (Å²) in [5, 5.41) is 0.0619. The molecule has 3 nitrogen and oxygen atoms in total. The molecule has 0 unspecified atom stereocenters. The molecule has 1 aliphatic rings. The Balaban J connectivity index is 1.98. The fraction of sp³-hybridized carbons (Fsp3) is 0.294. The predicted octanol–water partition coefficient (Wildman–Crippen LogP) is 4.03. The van der Waals surface area contributed by atoms with Crippen LogP contribution in [0.3, 0.4) is 0 Å². The second kappa shape index (κ2) is 6.41. The summed E-state index contributed by atoms with van der Waals surface area (Å²) < 4.78 is 31.7. The van der Waals surface area contributed by atoms with Gasteiger partial charge in [0.2, 0.25) is 0 Å². The maximum absolute atomic E-state index is 12.9. The molecular weight excluding hydrogens is 320 g/mol. The monoisotopic (exact) mass is 336 g/mol. The van der Waals surface area contributed by atoms with Crippen molar-refractivity contribution >= 4 is 21.4 Å². The fourth-order valence-electron chi connectivity index (χ4n) is 2.82. The van der Waals surface area contributed by atoms with E-state index in [0.717, 1.165) is 12.0 Å². The van der Waals surface area contributed by atoms with E-state index in [0.29, 0.717) is 22.9 Å². The average Bonchev–Trinajstić information content (AvgIpc) is 2.56. The number of halogens is 1. The Kier molecular flexibility index (Phi) is 4.52. The van der Waals surface area contributed by atoms with E-state index in [1.807, 2.05) is 18.2 Å². The quantitative estimate of drug-likeness (QED) is 0.849. The summed E-state index contributed by atoms with van der Waals surface area (Å²) in [7, 11) is -3.43. The number of hydrogen-bond donors (Lipinski definition) is 0. The Morgan fingerprint density at radius 3 is 2.36 bits per heavy atom. The van der Waals surface area contributed by atoms with Gasteiger partial charge in [-0.1, -0.05) is 41.9 Å². The van der Waals surface area contributed by atoms with Crippen LogP contribution in [-0.2, 0) is 14.6 Å². The summed E-state index contributed by atoms with van der Waals surface area (Å²) in [4.78, 5) is 0.351. The van der Waals surface area contributed by atoms with Crippen LogP contribution in [0.2, 0.25) is 5.02 Å². The third-order valence-electron chi connectivity index (χ3n) is 3.94. The van der Waals surface area contributed by atoms with Gasteiger partial charge in [0.15, 0.2) is 9.84 Å². The number of sulfone groups is 1. The van der Waals surface area contributed by atoms with Crippen LogP contribution >= 0.6 is 11.6 Å². The van der Waals surface area contributed by atoms with Gasteiger partial charge < -0.3 is 4.74 Å². The maximum Gasteiger partial charge on any atom is 0.184 e. The summed E-state index contributed by atoms with van der Waals surface area (Å²) in [6.07, 6.45) is 0.905. The van der Waals surface area contributed by atoms with Crippen LogP contribution in [0.25, 0.3) is 0 Å². The lowest BCUT2D eigenvalue weighted by Gasteiger charge is -2.31. The Morgan fingerprint density at radius 1 is 1.00 bits per heavy atom. The molecule has 3 rings (SSSR count). The Morgan fingerprint density at radius 2 is 1.68 bits per heavy atom. The first-order valence-electron chi connectivity index (χ1n) is 7.25. The molecular formula is C17H17ClO3S. The highest BCUT2D eigenvalue weighted by Gasteiger charge is 2.38. The Labute approximate surface area is 135 Å². The Bertz CT molecular complexity index is 726. The van der Waals surface area contributed by atoms with E-state index in [1.165, 1.54) is 0 Å². The highest BCUT2D eigenvalue weighted by atomic mass is 35.5. The Hall–Kier alpha value is -1.36. The molecule has 5 heteroatoms. The third-order valence-corrected chi connectivity index (χ3v) is 6.40. The molecule has 22 heavy (non-hydrogen) atoms. The highest BCUT2D eigenvalue weighted by Crippen LogP contribution is 2.36. The summed E-state index contributed by atoms with van der Waals surface area (Å²) >= 11 is 5.91. The van der Waals surface area contributed by atoms with Gasteiger partial charge in [-0.3, -0.25) is 0 Å². The lowest BCUT2D eigenvalue weighted by Crippen LogP contribution is -2.34. The van der Waals surface area contributed by atoms with Crippen molar-refractivity contribution in [1.82, 2.24) is 0 Å². The van der Waals surface area contributed by atoms with Gasteiger partial charge in [0.05, 0.1) is 16.2 Å². The van der Waals surface area contributed by atoms with Gasteiger partial charge in [-0.05, 0) is 42.7 Å². The molecule has 1 saturated heterocycles. The van der Waals surface area contributed by atoms with Gasteiger partial charge in [-0.2, -0.15) is 0 Å². The van der Waals surface area contributed by atoms with Gasteiger partial charge >= 0.3 is 0 Å². The molecule has 0 aromatic heterocycles. The number of hydrogen-bond acceptors (Lipinski definition) is 3. The SMILES string of the molecule is O=S(=O)(c1ccccc1)[C@@H]1CCCO[C@H]1c1ccc(Cl)cc1. The third kappa shape index (κ3) is 3.05. The zero-order valence-electron chi connectivity index (χ0n) is 12.0. The van der Waals surface area contributed by atoms with E-state index in [9.17, 15) is 8.42 Å². The molecule has 116 valence electrons. The van der Waals surface area contributed by atoms with Gasteiger partial charge in [-0.25, -0.2) is 8.42 Å². The van der Waals surface area contributed by atoms with Crippen LogP contribution in [0.15, 0.2) is 59.5 Å². The topological polar surface area (TPSA) is 43.4 Å². The zero-order valence-corrected chi connectivity index (χ0v) is 13.6. The summed E-state index contributed by atoms with van der Waals surface area (Å²) in [6.45, 7) is 0.577. The molecule has 0 radical (unpaired) electrons. The molecule has 0 N–H and O–H groups in total. The van der Waals surface area contributed by atoms with Crippen LogP contribution in [0.4, 0.5) is 0 Å². The number of rotatable bonds is 3. The number of ether oxygens (including phenoxy) is 1. The molecule has 0 saturated carbocycles. The molecule has 2 aromatic carbocycles. The average molecular weight is 337 g/mol. The second-order valence-corrected chi connectivity index (χ2v) is 7.99. The van der Waals surface area contributed by atoms with Crippen molar-refractivity contribution in [3.05, 3.63) is 65.2 Å². The summed E-state index contributed by atoms with van der Waals surface area (Å²) in [5.74, 6) is 0. The normalized spacial score (nSPS) is 22.4. The van der Waals surface area contributed by atoms with Crippen molar-refractivity contribution in [1.29, 1.82) is 0 Å². The van der Waals surface area contributed by atoms with Crippen molar-refractivity contribution in [2.24, 2.45) is 0 Å². The zero-order chi connectivity index (χ0) is 15.6. The lowest BCUT2D eigenvalue weighted by atomic mass is 10.0. The standard InChI is InChI=1S/C17H17ClO3S/c18-14-10-8-13(9-11-14)17-16(7-4-12-21-17)22(19,20)15-5-2-1-3-6-15/h1-3,5-6,8-11,16-17H,4,7,12H2/t16-,17+/m1/s1. The number of benzene rings is 2. The first kappa shape index (κ1) is 15.5. The van der Waals surface area contributed by atoms with Crippen LogP contribution in [0.1, 0.15) is 24.5 Å². The van der Waals surface area contributed by atoms with Crippen molar-refractivity contribution in [3.63, 3.8) is 0 Å². The highest BCUT2D eigenvalue weighted by molar-refractivity contribution is 7.92. The molecule has 2 atom stereocenters. The fourth-order valence-corrected chi connectivity index (χ4v) is 4.87. The van der Waals surface area contributed by atoms with Crippen molar-refractivity contribution < 1.29 is 13.2 Å². The maximum atomic E-state index is 12.9. The lowest BCUT2D eigenvalue weighted by molar-refractivity contribution is 0.0180. The minimum Gasteiger partial charge on any atom is -0.372 e. The first-order valence-corrected chi connectivity index (χ1v) is 9.17. The molecule has 0 amide bonds. The van der Waals surface area contributed by atoms with E-state index in [4.69, 9.17) is 16.3 Å². The molecule has 1 aliphatic heterocycles. The van der Waals surface area contributed by atoms with E-state index in [2.05, 4.69) is 0 Å². The van der Waals surface area contributed by atoms with Gasteiger partial charge in [0.25, 0.3) is 0 Å². The van der Waals surface area contributed by atoms with Crippen LogP contribution < -0.4 is 0 Å². The smallest absolute Gasteiger partial charge is 0.184 e. The molecule has 0 aliphatic carbocycles. The molecule has 1 heterocycles. The van der Waals surface area contributed by atoms with E-state index >= 15 is 0 Å². The van der Waals surface area contributed by atoms with Crippen molar-refractivity contribution in [3.8, 4) is 0 Å². The summed E-state index contributed by atoms with van der Waals surface area (Å²) in [6, 6.07) is 15.8. The predicted molar refractivity (Wildman–Crippen MR) is 86.8 cm³/mol. The van der Waals surface area contributed by atoms with E-state index in [1.54, 1.807) is 36.4 Å².